The maximum Gasteiger partial charge on any atom is 0.320 e. The fourth-order valence-electron chi connectivity index (χ4n) is 4.57. The molecule has 1 heterocycles. The molecule has 0 amide bonds. The molecule has 4 aromatic rings. The molecule has 0 saturated heterocycles. The zero-order chi connectivity index (χ0) is 29.2. The van der Waals surface area contributed by atoms with E-state index in [1.165, 1.54) is 6.20 Å². The average molecular weight is 558 g/mol. The van der Waals surface area contributed by atoms with E-state index in [1.54, 1.807) is 6.07 Å². The van der Waals surface area contributed by atoms with Gasteiger partial charge in [0.1, 0.15) is 25.0 Å². The number of benzene rings is 3. The Morgan fingerprint density at radius 2 is 1.54 bits per heavy atom. The van der Waals surface area contributed by atoms with Crippen LogP contribution in [-0.2, 0) is 31.1 Å². The maximum atomic E-state index is 14.9. The van der Waals surface area contributed by atoms with Gasteiger partial charge in [0, 0.05) is 37.0 Å². The number of ether oxygens (including phenoxy) is 2. The number of hydrogen-bond acceptors (Lipinski definition) is 6. The van der Waals surface area contributed by atoms with Crippen LogP contribution in [0.25, 0.3) is 0 Å². The lowest BCUT2D eigenvalue weighted by Crippen LogP contribution is -2.35. The summed E-state index contributed by atoms with van der Waals surface area (Å²) in [6, 6.07) is 24.4. The molecule has 4 rings (SSSR count). The summed E-state index contributed by atoms with van der Waals surface area (Å²) in [6.45, 7) is 5.71. The normalized spacial score (nSPS) is 11.8. The molecule has 1 aromatic heterocycles. The van der Waals surface area contributed by atoms with Gasteiger partial charge >= 0.3 is 5.97 Å². The molecule has 0 saturated carbocycles. The van der Waals surface area contributed by atoms with E-state index in [-0.39, 0.29) is 18.8 Å². The van der Waals surface area contributed by atoms with E-state index in [0.717, 1.165) is 33.6 Å². The van der Waals surface area contributed by atoms with Crippen molar-refractivity contribution in [2.45, 2.75) is 52.6 Å². The summed E-state index contributed by atoms with van der Waals surface area (Å²) in [5.41, 5.74) is 11.6. The highest BCUT2D eigenvalue weighted by atomic mass is 19.1. The molecule has 0 aliphatic carbocycles. The van der Waals surface area contributed by atoms with Crippen LogP contribution in [0.3, 0.4) is 0 Å². The Morgan fingerprint density at radius 1 is 0.902 bits per heavy atom. The lowest BCUT2D eigenvalue weighted by atomic mass is 10.1. The number of nitrogens with two attached hydrogens (primary N) is 1. The topological polar surface area (TPSA) is 97.9 Å². The van der Waals surface area contributed by atoms with Gasteiger partial charge in [-0.3, -0.25) is 9.69 Å². The zero-order valence-corrected chi connectivity index (χ0v) is 23.4. The minimum atomic E-state index is -1.07. The van der Waals surface area contributed by atoms with Gasteiger partial charge in [-0.05, 0) is 43.5 Å². The van der Waals surface area contributed by atoms with Gasteiger partial charge in [-0.2, -0.15) is 4.39 Å². The van der Waals surface area contributed by atoms with Crippen molar-refractivity contribution in [3.8, 4) is 11.5 Å². The first-order valence-electron chi connectivity index (χ1n) is 13.6. The predicted octanol–water partition coefficient (Wildman–Crippen LogP) is 5.80. The van der Waals surface area contributed by atoms with Gasteiger partial charge in [-0.25, -0.2) is 4.98 Å². The highest BCUT2D eigenvalue weighted by Gasteiger charge is 2.19. The van der Waals surface area contributed by atoms with Crippen molar-refractivity contribution in [3.05, 3.63) is 124 Å². The molecule has 0 spiro atoms. The first-order valence-corrected chi connectivity index (χ1v) is 13.6. The molecule has 0 fully saturated rings. The van der Waals surface area contributed by atoms with E-state index >= 15 is 0 Å². The molecule has 1 atom stereocenters. The van der Waals surface area contributed by atoms with Crippen LogP contribution in [0.4, 0.5) is 4.39 Å². The van der Waals surface area contributed by atoms with Crippen LogP contribution in [0, 0.1) is 19.8 Å². The van der Waals surface area contributed by atoms with Crippen LogP contribution in [0.1, 0.15) is 39.8 Å². The number of para-hydroxylation sites is 1. The smallest absolute Gasteiger partial charge is 0.320 e. The van der Waals surface area contributed by atoms with Gasteiger partial charge in [-0.1, -0.05) is 77.9 Å². The van der Waals surface area contributed by atoms with Gasteiger partial charge in [0.05, 0.1) is 0 Å². The summed E-state index contributed by atoms with van der Waals surface area (Å²) >= 11 is 0. The number of aromatic nitrogens is 1. The van der Waals surface area contributed by atoms with Crippen molar-refractivity contribution >= 4 is 5.97 Å². The highest BCUT2D eigenvalue weighted by Crippen LogP contribution is 2.27. The number of aryl methyl sites for hydroxylation is 2. The molecule has 0 aliphatic rings. The lowest BCUT2D eigenvalue weighted by molar-refractivity contribution is -0.138. The molecule has 0 aliphatic heterocycles. The van der Waals surface area contributed by atoms with Gasteiger partial charge in [0.15, 0.2) is 5.75 Å². The molecule has 8 heteroatoms. The standard InChI is InChI=1S/C33H36FN3O4/c1-23-7-5-9-25(17-23)21-40-30-12-4-3-11-27(30)19-37(16-14-29(35)33(38)39)20-28-13-15-36-32(34)31(28)41-22-26-10-6-8-24(2)18-26/h3-13,15,17-18,29H,14,16,19-22,35H2,1-2H3,(H,38,39)/t29-/m0/s1. The molecule has 7 nitrogen and oxygen atoms in total. The molecule has 3 N–H and O–H groups in total. The molecular weight excluding hydrogens is 521 g/mol. The second-order valence-corrected chi connectivity index (χ2v) is 10.2. The summed E-state index contributed by atoms with van der Waals surface area (Å²) in [7, 11) is 0. The number of nitrogens with zero attached hydrogens (tertiary/aromatic N) is 2. The summed E-state index contributed by atoms with van der Waals surface area (Å²) in [5, 5.41) is 9.35. The van der Waals surface area contributed by atoms with Gasteiger partial charge in [-0.15, -0.1) is 0 Å². The maximum absolute atomic E-state index is 14.9. The van der Waals surface area contributed by atoms with Crippen LogP contribution in [0.15, 0.2) is 85.1 Å². The highest BCUT2D eigenvalue weighted by molar-refractivity contribution is 5.73. The SMILES string of the molecule is Cc1cccc(COc2ccccc2CN(CC[C@H](N)C(=O)O)Cc2ccnc(F)c2OCc2cccc(C)c2)c1. The van der Waals surface area contributed by atoms with Crippen LogP contribution < -0.4 is 15.2 Å². The monoisotopic (exact) mass is 557 g/mol. The molecule has 0 bridgehead atoms. The van der Waals surface area contributed by atoms with Gasteiger partial charge < -0.3 is 20.3 Å². The Morgan fingerprint density at radius 3 is 2.20 bits per heavy atom. The molecule has 214 valence electrons. The number of hydrogen-bond donors (Lipinski definition) is 2. The third kappa shape index (κ3) is 8.86. The predicted molar refractivity (Wildman–Crippen MR) is 156 cm³/mol. The van der Waals surface area contributed by atoms with E-state index in [4.69, 9.17) is 15.2 Å². The van der Waals surface area contributed by atoms with E-state index in [9.17, 15) is 14.3 Å². The molecule has 0 radical (unpaired) electrons. The summed E-state index contributed by atoms with van der Waals surface area (Å²) < 4.78 is 27.0. The number of rotatable bonds is 14. The molecule has 3 aromatic carbocycles. The summed E-state index contributed by atoms with van der Waals surface area (Å²) in [5.74, 6) is -0.966. The van der Waals surface area contributed by atoms with Crippen LogP contribution >= 0.6 is 0 Å². The third-order valence-electron chi connectivity index (χ3n) is 6.72. The number of pyridine rings is 1. The van der Waals surface area contributed by atoms with Gasteiger partial charge in [0.2, 0.25) is 0 Å². The van der Waals surface area contributed by atoms with Crippen LogP contribution in [0.2, 0.25) is 0 Å². The number of carbonyl (C=O) groups is 1. The number of halogens is 1. The van der Waals surface area contributed by atoms with E-state index in [2.05, 4.69) is 11.1 Å². The minimum Gasteiger partial charge on any atom is -0.489 e. The summed E-state index contributed by atoms with van der Waals surface area (Å²) in [4.78, 5) is 17.3. The first-order chi connectivity index (χ1) is 19.8. The second-order valence-electron chi connectivity index (χ2n) is 10.2. The Kier molecular flexibility index (Phi) is 10.4. The van der Waals surface area contributed by atoms with Crippen molar-refractivity contribution in [1.82, 2.24) is 9.88 Å². The first kappa shape index (κ1) is 29.7. The molecular formula is C33H36FN3O4. The summed E-state index contributed by atoms with van der Waals surface area (Å²) in [6.07, 6.45) is 1.62. The van der Waals surface area contributed by atoms with Crippen LogP contribution in [0.5, 0.6) is 11.5 Å². The van der Waals surface area contributed by atoms with Crippen molar-refractivity contribution in [3.63, 3.8) is 0 Å². The van der Waals surface area contributed by atoms with Crippen molar-refractivity contribution < 1.29 is 23.8 Å². The fraction of sp³-hybridized carbons (Fsp3) is 0.273. The van der Waals surface area contributed by atoms with E-state index in [0.29, 0.717) is 31.8 Å². The number of aliphatic carboxylic acids is 1. The molecule has 41 heavy (non-hydrogen) atoms. The lowest BCUT2D eigenvalue weighted by Gasteiger charge is -2.25. The average Bonchev–Trinajstić information content (AvgIpc) is 2.95. The Labute approximate surface area is 240 Å². The van der Waals surface area contributed by atoms with Crippen molar-refractivity contribution in [2.75, 3.05) is 6.54 Å². The van der Waals surface area contributed by atoms with Gasteiger partial charge in [0.25, 0.3) is 5.95 Å². The number of carboxylic acid groups (broad SMARTS) is 1. The number of carboxylic acids is 1. The quantitative estimate of drug-likeness (QED) is 0.189. The zero-order valence-electron chi connectivity index (χ0n) is 23.4. The Balaban J connectivity index is 1.54. The largest absolute Gasteiger partial charge is 0.489 e. The van der Waals surface area contributed by atoms with E-state index in [1.807, 2.05) is 85.5 Å². The van der Waals surface area contributed by atoms with E-state index < -0.39 is 18.0 Å². The Hall–Kier alpha value is -4.27. The van der Waals surface area contributed by atoms with Crippen molar-refractivity contribution in [1.29, 1.82) is 0 Å². The minimum absolute atomic E-state index is 0.0746. The second kappa shape index (κ2) is 14.4. The Bertz CT molecular complexity index is 1460. The van der Waals surface area contributed by atoms with Crippen molar-refractivity contribution in [2.24, 2.45) is 5.73 Å². The third-order valence-corrected chi connectivity index (χ3v) is 6.72. The fourth-order valence-corrected chi connectivity index (χ4v) is 4.57. The molecule has 0 unspecified atom stereocenters. The van der Waals surface area contributed by atoms with Crippen LogP contribution in [-0.4, -0.2) is 33.5 Å².